The van der Waals surface area contributed by atoms with E-state index in [1.807, 2.05) is 0 Å². The zero-order chi connectivity index (χ0) is 14.1. The van der Waals surface area contributed by atoms with Gasteiger partial charge in [0.15, 0.2) is 0 Å². The molecule has 0 saturated carbocycles. The van der Waals surface area contributed by atoms with E-state index in [1.165, 1.54) is 0 Å². The number of ether oxygens (including phenoxy) is 2. The standard InChI is InChI=1S/C13H21NO4S/c1-17-8-7-14-9-11(15)10-19(16)13-5-3-12(18-2)4-6-13/h3-6,11,14-15H,7-10H2,1-2H3. The van der Waals surface area contributed by atoms with Crippen molar-refractivity contribution in [2.24, 2.45) is 0 Å². The Labute approximate surface area is 116 Å². The molecule has 0 heterocycles. The van der Waals surface area contributed by atoms with Crippen molar-refractivity contribution in [2.75, 3.05) is 39.7 Å². The zero-order valence-electron chi connectivity index (χ0n) is 11.3. The van der Waals surface area contributed by atoms with Crippen LogP contribution >= 0.6 is 0 Å². The third-order valence-corrected chi connectivity index (χ3v) is 4.01. The number of hydrogen-bond acceptors (Lipinski definition) is 5. The van der Waals surface area contributed by atoms with Crippen LogP contribution in [0.2, 0.25) is 0 Å². The molecule has 2 N–H and O–H groups in total. The molecule has 0 spiro atoms. The normalized spacial score (nSPS) is 14.1. The van der Waals surface area contributed by atoms with E-state index < -0.39 is 16.9 Å². The van der Waals surface area contributed by atoms with Gasteiger partial charge in [-0.05, 0) is 24.3 Å². The first kappa shape index (κ1) is 16.1. The van der Waals surface area contributed by atoms with Crippen LogP contribution in [0.4, 0.5) is 0 Å². The molecule has 19 heavy (non-hydrogen) atoms. The highest BCUT2D eigenvalue weighted by molar-refractivity contribution is 7.85. The summed E-state index contributed by atoms with van der Waals surface area (Å²) in [6.07, 6.45) is -0.639. The maximum atomic E-state index is 12.0. The number of methoxy groups -OCH3 is 2. The number of aliphatic hydroxyl groups is 1. The molecule has 2 atom stereocenters. The van der Waals surface area contributed by atoms with E-state index >= 15 is 0 Å². The maximum Gasteiger partial charge on any atom is 0.118 e. The predicted molar refractivity (Wildman–Crippen MR) is 75.0 cm³/mol. The number of aliphatic hydroxyl groups excluding tert-OH is 1. The fourth-order valence-corrected chi connectivity index (χ4v) is 2.60. The topological polar surface area (TPSA) is 67.8 Å². The van der Waals surface area contributed by atoms with Crippen molar-refractivity contribution < 1.29 is 18.8 Å². The predicted octanol–water partition coefficient (Wildman–Crippen LogP) is 0.400. The molecule has 0 radical (unpaired) electrons. The van der Waals surface area contributed by atoms with E-state index in [0.717, 1.165) is 5.75 Å². The van der Waals surface area contributed by atoms with E-state index in [1.54, 1.807) is 38.5 Å². The van der Waals surface area contributed by atoms with Gasteiger partial charge in [-0.15, -0.1) is 0 Å². The van der Waals surface area contributed by atoms with Gasteiger partial charge in [0.05, 0.1) is 36.4 Å². The van der Waals surface area contributed by atoms with Gasteiger partial charge in [-0.2, -0.15) is 0 Å². The molecule has 0 aromatic heterocycles. The molecule has 0 aliphatic carbocycles. The first-order chi connectivity index (χ1) is 9.17. The van der Waals surface area contributed by atoms with Crippen LogP contribution in [0.1, 0.15) is 0 Å². The molecule has 1 aromatic carbocycles. The van der Waals surface area contributed by atoms with Crippen LogP contribution in [0.5, 0.6) is 5.75 Å². The van der Waals surface area contributed by atoms with Crippen molar-refractivity contribution in [1.29, 1.82) is 0 Å². The summed E-state index contributed by atoms with van der Waals surface area (Å²) in [7, 11) is 2.00. The molecule has 2 unspecified atom stereocenters. The van der Waals surface area contributed by atoms with Crippen LogP contribution < -0.4 is 10.1 Å². The lowest BCUT2D eigenvalue weighted by Gasteiger charge is -2.11. The fourth-order valence-electron chi connectivity index (χ4n) is 1.50. The lowest BCUT2D eigenvalue weighted by molar-refractivity contribution is 0.174. The average Bonchev–Trinajstić information content (AvgIpc) is 2.43. The van der Waals surface area contributed by atoms with Crippen molar-refractivity contribution >= 4 is 10.8 Å². The van der Waals surface area contributed by atoms with Crippen LogP contribution in [-0.4, -0.2) is 55.1 Å². The van der Waals surface area contributed by atoms with Gasteiger partial charge >= 0.3 is 0 Å². The summed E-state index contributed by atoms with van der Waals surface area (Å²) in [6.45, 7) is 1.67. The van der Waals surface area contributed by atoms with Gasteiger partial charge in [-0.1, -0.05) is 0 Å². The van der Waals surface area contributed by atoms with E-state index in [-0.39, 0.29) is 5.75 Å². The van der Waals surface area contributed by atoms with Crippen molar-refractivity contribution in [3.63, 3.8) is 0 Å². The van der Waals surface area contributed by atoms with Crippen LogP contribution in [0.15, 0.2) is 29.2 Å². The van der Waals surface area contributed by atoms with E-state index in [9.17, 15) is 9.32 Å². The third-order valence-electron chi connectivity index (χ3n) is 2.53. The minimum Gasteiger partial charge on any atom is -0.497 e. The van der Waals surface area contributed by atoms with Crippen molar-refractivity contribution in [1.82, 2.24) is 5.32 Å². The minimum absolute atomic E-state index is 0.215. The van der Waals surface area contributed by atoms with Crippen LogP contribution in [0, 0.1) is 0 Å². The number of nitrogens with one attached hydrogen (secondary N) is 1. The first-order valence-corrected chi connectivity index (χ1v) is 7.39. The smallest absolute Gasteiger partial charge is 0.118 e. The summed E-state index contributed by atoms with van der Waals surface area (Å²) in [5, 5.41) is 12.8. The van der Waals surface area contributed by atoms with Gasteiger partial charge in [0.1, 0.15) is 5.75 Å². The summed E-state index contributed by atoms with van der Waals surface area (Å²) in [5.41, 5.74) is 0. The summed E-state index contributed by atoms with van der Waals surface area (Å²) in [6, 6.07) is 7.02. The highest BCUT2D eigenvalue weighted by atomic mass is 32.2. The lowest BCUT2D eigenvalue weighted by atomic mass is 10.3. The summed E-state index contributed by atoms with van der Waals surface area (Å²) >= 11 is 0. The second kappa shape index (κ2) is 9.03. The van der Waals surface area contributed by atoms with Gasteiger partial charge in [-0.25, -0.2) is 0 Å². The monoisotopic (exact) mass is 287 g/mol. The Kier molecular flexibility index (Phi) is 7.66. The number of rotatable bonds is 9. The Morgan fingerprint density at radius 1 is 1.32 bits per heavy atom. The molecular formula is C13H21NO4S. The molecule has 1 aromatic rings. The second-order valence-electron chi connectivity index (χ2n) is 4.04. The molecule has 0 fully saturated rings. The van der Waals surface area contributed by atoms with E-state index in [2.05, 4.69) is 5.32 Å². The Morgan fingerprint density at radius 2 is 2.00 bits per heavy atom. The number of hydrogen-bond donors (Lipinski definition) is 2. The fraction of sp³-hybridized carbons (Fsp3) is 0.538. The lowest BCUT2D eigenvalue weighted by Crippen LogP contribution is -2.32. The summed E-state index contributed by atoms with van der Waals surface area (Å²) in [5.74, 6) is 0.939. The van der Waals surface area contributed by atoms with Gasteiger partial charge in [-0.3, -0.25) is 4.21 Å². The maximum absolute atomic E-state index is 12.0. The zero-order valence-corrected chi connectivity index (χ0v) is 12.1. The Hall–Kier alpha value is -0.950. The molecule has 5 nitrogen and oxygen atoms in total. The van der Waals surface area contributed by atoms with Gasteiger partial charge < -0.3 is 19.9 Å². The summed E-state index contributed by atoms with van der Waals surface area (Å²) < 4.78 is 21.9. The average molecular weight is 287 g/mol. The van der Waals surface area contributed by atoms with Crippen LogP contribution in [-0.2, 0) is 15.5 Å². The second-order valence-corrected chi connectivity index (χ2v) is 5.53. The van der Waals surface area contributed by atoms with Crippen LogP contribution in [0.25, 0.3) is 0 Å². The number of benzene rings is 1. The van der Waals surface area contributed by atoms with E-state index in [0.29, 0.717) is 24.6 Å². The molecule has 0 aliphatic heterocycles. The molecule has 0 aliphatic rings. The molecule has 0 amide bonds. The Bertz CT molecular complexity index is 383. The Balaban J connectivity index is 2.36. The van der Waals surface area contributed by atoms with E-state index in [4.69, 9.17) is 9.47 Å². The molecule has 0 bridgehead atoms. The summed E-state index contributed by atoms with van der Waals surface area (Å²) in [4.78, 5) is 0.691. The SMILES string of the molecule is COCCNCC(O)CS(=O)c1ccc(OC)cc1. The molecule has 1 rings (SSSR count). The highest BCUT2D eigenvalue weighted by Gasteiger charge is 2.11. The quantitative estimate of drug-likeness (QED) is 0.644. The molecular weight excluding hydrogens is 266 g/mol. The van der Waals surface area contributed by atoms with Gasteiger partial charge in [0, 0.05) is 25.1 Å². The first-order valence-electron chi connectivity index (χ1n) is 6.07. The molecule has 6 heteroatoms. The largest absolute Gasteiger partial charge is 0.497 e. The van der Waals surface area contributed by atoms with Crippen molar-refractivity contribution in [3.8, 4) is 5.75 Å². The third kappa shape index (κ3) is 6.15. The van der Waals surface area contributed by atoms with Crippen LogP contribution in [0.3, 0.4) is 0 Å². The van der Waals surface area contributed by atoms with Gasteiger partial charge in [0.2, 0.25) is 0 Å². The minimum atomic E-state index is -1.21. The van der Waals surface area contributed by atoms with Gasteiger partial charge in [0.25, 0.3) is 0 Å². The molecule has 0 saturated heterocycles. The van der Waals surface area contributed by atoms with Crippen molar-refractivity contribution in [2.45, 2.75) is 11.0 Å². The van der Waals surface area contributed by atoms with Crippen molar-refractivity contribution in [3.05, 3.63) is 24.3 Å². The molecule has 108 valence electrons. The Morgan fingerprint density at radius 3 is 2.58 bits per heavy atom. The highest BCUT2D eigenvalue weighted by Crippen LogP contribution is 2.14.